The molecule has 0 aliphatic carbocycles. The van der Waals surface area contributed by atoms with E-state index < -0.39 is 0 Å². The van der Waals surface area contributed by atoms with E-state index in [0.29, 0.717) is 6.42 Å². The SMILES string of the molecule is CCc1cc2c(cc1F)C(C)CC=C(N1CCN(C)CC1)n1c-2nc(C)c1CC. The van der Waals surface area contributed by atoms with Crippen LogP contribution in [-0.2, 0) is 12.8 Å². The van der Waals surface area contributed by atoms with Gasteiger partial charge in [0.05, 0.1) is 5.69 Å². The van der Waals surface area contributed by atoms with Crippen LogP contribution in [-0.4, -0.2) is 52.6 Å². The summed E-state index contributed by atoms with van der Waals surface area (Å²) in [6.07, 6.45) is 4.87. The highest BCUT2D eigenvalue weighted by atomic mass is 19.1. The normalized spacial score (nSPS) is 20.0. The molecule has 3 heterocycles. The average molecular weight is 397 g/mol. The van der Waals surface area contributed by atoms with E-state index in [4.69, 9.17) is 4.98 Å². The first-order valence-electron chi connectivity index (χ1n) is 11.0. The van der Waals surface area contributed by atoms with E-state index in [9.17, 15) is 4.39 Å². The maximum absolute atomic E-state index is 14.7. The van der Waals surface area contributed by atoms with Crippen molar-refractivity contribution in [2.45, 2.75) is 52.9 Å². The van der Waals surface area contributed by atoms with Crippen molar-refractivity contribution < 1.29 is 4.39 Å². The van der Waals surface area contributed by atoms with Crippen LogP contribution in [0.2, 0.25) is 0 Å². The van der Waals surface area contributed by atoms with Gasteiger partial charge in [0.15, 0.2) is 0 Å². The summed E-state index contributed by atoms with van der Waals surface area (Å²) in [6.45, 7) is 12.7. The van der Waals surface area contributed by atoms with Crippen LogP contribution in [0, 0.1) is 12.7 Å². The molecule has 0 radical (unpaired) electrons. The van der Waals surface area contributed by atoms with Gasteiger partial charge in [-0.15, -0.1) is 0 Å². The molecule has 2 aliphatic rings. The maximum Gasteiger partial charge on any atom is 0.146 e. The van der Waals surface area contributed by atoms with Crippen molar-refractivity contribution in [3.63, 3.8) is 0 Å². The number of piperazine rings is 1. The summed E-state index contributed by atoms with van der Waals surface area (Å²) in [5, 5.41) is 0. The monoisotopic (exact) mass is 396 g/mol. The van der Waals surface area contributed by atoms with Crippen molar-refractivity contribution in [1.29, 1.82) is 0 Å². The van der Waals surface area contributed by atoms with Crippen LogP contribution in [0.15, 0.2) is 18.2 Å². The Morgan fingerprint density at radius 2 is 1.83 bits per heavy atom. The first-order chi connectivity index (χ1) is 13.9. The summed E-state index contributed by atoms with van der Waals surface area (Å²) in [5.41, 5.74) is 5.27. The fourth-order valence-electron chi connectivity index (χ4n) is 4.72. The minimum atomic E-state index is -0.0903. The number of imidazole rings is 1. The number of rotatable bonds is 3. The number of allylic oxidation sites excluding steroid dienone is 1. The van der Waals surface area contributed by atoms with E-state index >= 15 is 0 Å². The van der Waals surface area contributed by atoms with Crippen LogP contribution in [0.1, 0.15) is 55.6 Å². The van der Waals surface area contributed by atoms with Crippen molar-refractivity contribution in [1.82, 2.24) is 19.4 Å². The summed E-state index contributed by atoms with van der Waals surface area (Å²) in [4.78, 5) is 9.92. The van der Waals surface area contributed by atoms with Gasteiger partial charge in [-0.25, -0.2) is 9.37 Å². The summed E-state index contributed by atoms with van der Waals surface area (Å²) in [6, 6.07) is 3.80. The van der Waals surface area contributed by atoms with Crippen LogP contribution in [0.4, 0.5) is 4.39 Å². The fraction of sp³-hybridized carbons (Fsp3) is 0.542. The molecule has 0 saturated carbocycles. The Morgan fingerprint density at radius 1 is 1.10 bits per heavy atom. The molecule has 2 aliphatic heterocycles. The molecule has 1 fully saturated rings. The lowest BCUT2D eigenvalue weighted by Gasteiger charge is -2.37. The van der Waals surface area contributed by atoms with Crippen LogP contribution in [0.25, 0.3) is 17.2 Å². The molecule has 1 saturated heterocycles. The first kappa shape index (κ1) is 20.1. The van der Waals surface area contributed by atoms with Crippen LogP contribution in [0.5, 0.6) is 0 Å². The highest BCUT2D eigenvalue weighted by Gasteiger charge is 2.28. The Kier molecular flexibility index (Phi) is 5.52. The number of aryl methyl sites for hydroxylation is 2. The Hall–Kier alpha value is -2.14. The lowest BCUT2D eigenvalue weighted by Crippen LogP contribution is -2.44. The quantitative estimate of drug-likeness (QED) is 0.753. The van der Waals surface area contributed by atoms with Crippen LogP contribution < -0.4 is 0 Å². The number of nitrogens with zero attached hydrogens (tertiary/aromatic N) is 4. The Labute approximate surface area is 174 Å². The second-order valence-electron chi connectivity index (χ2n) is 8.53. The Bertz CT molecular complexity index is 935. The van der Waals surface area contributed by atoms with E-state index in [0.717, 1.165) is 67.2 Å². The molecule has 4 nitrogen and oxygen atoms in total. The van der Waals surface area contributed by atoms with Gasteiger partial charge in [-0.3, -0.25) is 4.57 Å². The van der Waals surface area contributed by atoms with Gasteiger partial charge in [0.2, 0.25) is 0 Å². The number of fused-ring (bicyclic) bond motifs is 3. The third kappa shape index (κ3) is 3.50. The Morgan fingerprint density at radius 3 is 2.48 bits per heavy atom. The van der Waals surface area contributed by atoms with E-state index in [-0.39, 0.29) is 11.7 Å². The summed E-state index contributed by atoms with van der Waals surface area (Å²) in [5.74, 6) is 2.39. The zero-order valence-electron chi connectivity index (χ0n) is 18.4. The van der Waals surface area contributed by atoms with E-state index in [1.807, 2.05) is 13.0 Å². The molecule has 0 amide bonds. The van der Waals surface area contributed by atoms with Gasteiger partial charge < -0.3 is 9.80 Å². The second kappa shape index (κ2) is 7.94. The van der Waals surface area contributed by atoms with Gasteiger partial charge in [0.1, 0.15) is 17.5 Å². The molecule has 1 aromatic heterocycles. The molecular weight excluding hydrogens is 363 g/mol. The number of hydrogen-bond acceptors (Lipinski definition) is 3. The van der Waals surface area contributed by atoms with Crippen molar-refractivity contribution in [2.75, 3.05) is 33.2 Å². The number of aromatic nitrogens is 2. The van der Waals surface area contributed by atoms with Gasteiger partial charge in [-0.2, -0.15) is 0 Å². The third-order valence-corrected chi connectivity index (χ3v) is 6.59. The van der Waals surface area contributed by atoms with Gasteiger partial charge in [0.25, 0.3) is 0 Å². The first-order valence-corrected chi connectivity index (χ1v) is 11.0. The highest BCUT2D eigenvalue weighted by Crippen LogP contribution is 2.39. The molecule has 2 aromatic rings. The molecule has 1 aromatic carbocycles. The van der Waals surface area contributed by atoms with Crippen molar-refractivity contribution in [3.8, 4) is 11.4 Å². The van der Waals surface area contributed by atoms with Gasteiger partial charge in [-0.05, 0) is 68.5 Å². The lowest BCUT2D eigenvalue weighted by molar-refractivity contribution is 0.201. The standard InChI is InChI=1S/C24H33FN4/c1-6-18-14-20-19(15-21(18)25)16(3)8-9-23(28-12-10-27(5)11-13-28)29-22(7-2)17(4)26-24(20)29/h9,14-16H,6-8,10-13H2,1-5H3. The van der Waals surface area contributed by atoms with Crippen LogP contribution in [0.3, 0.4) is 0 Å². The topological polar surface area (TPSA) is 24.3 Å². The zero-order chi connectivity index (χ0) is 20.7. The lowest BCUT2D eigenvalue weighted by atomic mass is 9.89. The molecule has 4 rings (SSSR count). The maximum atomic E-state index is 14.7. The summed E-state index contributed by atoms with van der Waals surface area (Å²) < 4.78 is 17.0. The minimum absolute atomic E-state index is 0.0903. The Balaban J connectivity index is 1.93. The largest absolute Gasteiger partial charge is 0.355 e. The predicted octanol–water partition coefficient (Wildman–Crippen LogP) is 4.68. The molecule has 0 N–H and O–H groups in total. The molecule has 1 unspecified atom stereocenters. The number of halogens is 1. The molecule has 0 bridgehead atoms. The second-order valence-corrected chi connectivity index (χ2v) is 8.53. The van der Waals surface area contributed by atoms with Crippen LogP contribution >= 0.6 is 0 Å². The average Bonchev–Trinajstić information content (AvgIpc) is 3.03. The molecule has 1 atom stereocenters. The minimum Gasteiger partial charge on any atom is -0.355 e. The highest BCUT2D eigenvalue weighted by molar-refractivity contribution is 5.70. The summed E-state index contributed by atoms with van der Waals surface area (Å²) in [7, 11) is 2.19. The van der Waals surface area contributed by atoms with E-state index in [1.54, 1.807) is 6.07 Å². The van der Waals surface area contributed by atoms with Gasteiger partial charge in [0, 0.05) is 37.4 Å². The fourth-order valence-corrected chi connectivity index (χ4v) is 4.72. The van der Waals surface area contributed by atoms with Crippen molar-refractivity contribution >= 4 is 5.82 Å². The van der Waals surface area contributed by atoms with Gasteiger partial charge in [-0.1, -0.05) is 20.8 Å². The van der Waals surface area contributed by atoms with E-state index in [2.05, 4.69) is 48.3 Å². The molecule has 156 valence electrons. The number of benzene rings is 1. The number of hydrogen-bond donors (Lipinski definition) is 0. The van der Waals surface area contributed by atoms with Crippen molar-refractivity contribution in [2.24, 2.45) is 0 Å². The van der Waals surface area contributed by atoms with E-state index in [1.165, 1.54) is 11.5 Å². The van der Waals surface area contributed by atoms with Crippen molar-refractivity contribution in [3.05, 3.63) is 46.5 Å². The molecule has 0 spiro atoms. The predicted molar refractivity (Wildman–Crippen MR) is 117 cm³/mol. The molecular formula is C24H33FN4. The van der Waals surface area contributed by atoms with Gasteiger partial charge >= 0.3 is 0 Å². The molecule has 5 heteroatoms. The molecule has 29 heavy (non-hydrogen) atoms. The summed E-state index contributed by atoms with van der Waals surface area (Å²) >= 11 is 0. The smallest absolute Gasteiger partial charge is 0.146 e. The third-order valence-electron chi connectivity index (χ3n) is 6.59. The zero-order valence-corrected chi connectivity index (χ0v) is 18.4. The number of likely N-dealkylation sites (N-methyl/N-ethyl adjacent to an activating group) is 1.